The van der Waals surface area contributed by atoms with Gasteiger partial charge in [0.25, 0.3) is 0 Å². The average molecular weight is 451 g/mol. The average Bonchev–Trinajstić information content (AvgIpc) is 3.44. The highest BCUT2D eigenvalue weighted by Crippen LogP contribution is 2.25. The van der Waals surface area contributed by atoms with Crippen molar-refractivity contribution < 1.29 is 5.11 Å². The van der Waals surface area contributed by atoms with Gasteiger partial charge in [0.15, 0.2) is 11.6 Å². The van der Waals surface area contributed by atoms with Crippen molar-refractivity contribution in [1.29, 1.82) is 5.26 Å². The molecule has 0 bridgehead atoms. The normalized spacial score (nSPS) is 11.0. The van der Waals surface area contributed by atoms with Crippen molar-refractivity contribution in [1.82, 2.24) is 34.5 Å². The number of hydrogen-bond donors (Lipinski definition) is 2. The van der Waals surface area contributed by atoms with Gasteiger partial charge in [-0.25, -0.2) is 14.6 Å². The van der Waals surface area contributed by atoms with Gasteiger partial charge in [-0.2, -0.15) is 15.5 Å². The summed E-state index contributed by atoms with van der Waals surface area (Å²) in [5.74, 6) is 1.85. The predicted octanol–water partition coefficient (Wildman–Crippen LogP) is 3.16. The minimum absolute atomic E-state index is 0.0234. The number of anilines is 2. The van der Waals surface area contributed by atoms with Gasteiger partial charge in [0.2, 0.25) is 0 Å². The second kappa shape index (κ2) is 8.73. The van der Waals surface area contributed by atoms with Gasteiger partial charge in [-0.3, -0.25) is 4.57 Å². The van der Waals surface area contributed by atoms with Crippen LogP contribution in [0.15, 0.2) is 55.0 Å². The summed E-state index contributed by atoms with van der Waals surface area (Å²) in [5, 5.41) is 34.7. The second-order valence-corrected chi connectivity index (χ2v) is 7.80. The van der Waals surface area contributed by atoms with E-state index in [1.807, 2.05) is 60.9 Å². The first-order chi connectivity index (χ1) is 16.6. The number of benzene rings is 1. The number of imidazole rings is 1. The van der Waals surface area contributed by atoms with Crippen molar-refractivity contribution in [2.24, 2.45) is 0 Å². The molecule has 0 atom stereocenters. The van der Waals surface area contributed by atoms with Crippen LogP contribution < -0.4 is 5.32 Å². The molecular weight excluding hydrogens is 430 g/mol. The number of nitrogens with one attached hydrogen (secondary N) is 1. The molecule has 0 radical (unpaired) electrons. The number of nitrogens with zero attached hydrogens (tertiary/aromatic N) is 8. The lowest BCUT2D eigenvalue weighted by molar-refractivity contribution is 0.299. The molecule has 0 aliphatic carbocycles. The number of aromatic nitrogens is 7. The first-order valence-electron chi connectivity index (χ1n) is 10.7. The number of aryl methyl sites for hydroxylation is 1. The molecule has 0 unspecified atom stereocenters. The lowest BCUT2D eigenvalue weighted by atomic mass is 10.2. The van der Waals surface area contributed by atoms with Gasteiger partial charge in [-0.1, -0.05) is 6.07 Å². The molecule has 2 N–H and O–H groups in total. The number of fused-ring (bicyclic) bond motifs is 1. The smallest absolute Gasteiger partial charge is 0.159 e. The Hall–Kier alpha value is -4.62. The Morgan fingerprint density at radius 2 is 1.97 bits per heavy atom. The third-order valence-electron chi connectivity index (χ3n) is 5.52. The molecular formula is C24H21N9O. The van der Waals surface area contributed by atoms with Gasteiger partial charge in [0, 0.05) is 12.3 Å². The zero-order valence-electron chi connectivity index (χ0n) is 18.6. The first-order valence-corrected chi connectivity index (χ1v) is 10.7. The highest BCUT2D eigenvalue weighted by atomic mass is 16.3. The summed E-state index contributed by atoms with van der Waals surface area (Å²) in [6.45, 7) is 3.69. The standard InChI is InChI=1S/C24H21N9O/c1-15-3-7-22(31-30-15)28-19-5-6-20-21(11-19)32(14-26-20)23-8-4-17(9-10-34)24(29-23)33-16(2)18(12-25)13-27-33/h3-8,11,13-14,34H,9-10H2,1-2H3,(H,28,31). The van der Waals surface area contributed by atoms with E-state index >= 15 is 0 Å². The van der Waals surface area contributed by atoms with Crippen LogP contribution in [0.4, 0.5) is 11.5 Å². The molecule has 1 aromatic carbocycles. The van der Waals surface area contributed by atoms with Crippen LogP contribution in [-0.2, 0) is 6.42 Å². The highest BCUT2D eigenvalue weighted by Gasteiger charge is 2.16. The van der Waals surface area contributed by atoms with Crippen LogP contribution in [0.5, 0.6) is 0 Å². The van der Waals surface area contributed by atoms with Gasteiger partial charge in [-0.05, 0) is 62.2 Å². The molecule has 34 heavy (non-hydrogen) atoms. The van der Waals surface area contributed by atoms with Crippen LogP contribution in [0.3, 0.4) is 0 Å². The molecule has 5 aromatic rings. The number of rotatable bonds is 6. The van der Waals surface area contributed by atoms with Crippen molar-refractivity contribution in [3.63, 3.8) is 0 Å². The van der Waals surface area contributed by atoms with Gasteiger partial charge in [-0.15, -0.1) is 5.10 Å². The van der Waals surface area contributed by atoms with E-state index in [2.05, 4.69) is 31.7 Å². The molecule has 0 saturated carbocycles. The van der Waals surface area contributed by atoms with Crippen LogP contribution >= 0.6 is 0 Å². The summed E-state index contributed by atoms with van der Waals surface area (Å²) in [5.41, 5.74) is 5.34. The molecule has 0 spiro atoms. The van der Waals surface area contributed by atoms with Crippen LogP contribution in [0, 0.1) is 25.2 Å². The van der Waals surface area contributed by atoms with Crippen molar-refractivity contribution >= 4 is 22.5 Å². The largest absolute Gasteiger partial charge is 0.396 e. The zero-order chi connectivity index (χ0) is 23.7. The van der Waals surface area contributed by atoms with Gasteiger partial charge >= 0.3 is 0 Å². The molecule has 0 fully saturated rings. The number of aliphatic hydroxyl groups is 1. The van der Waals surface area contributed by atoms with Crippen molar-refractivity contribution in [3.05, 3.63) is 77.5 Å². The molecule has 5 rings (SSSR count). The third-order valence-corrected chi connectivity index (χ3v) is 5.52. The van der Waals surface area contributed by atoms with E-state index < -0.39 is 0 Å². The van der Waals surface area contributed by atoms with E-state index in [0.717, 1.165) is 28.0 Å². The first kappa shape index (κ1) is 21.2. The molecule has 4 heterocycles. The molecule has 168 valence electrons. The summed E-state index contributed by atoms with van der Waals surface area (Å²) in [7, 11) is 0. The van der Waals surface area contributed by atoms with Crippen LogP contribution in [0.25, 0.3) is 22.7 Å². The van der Waals surface area contributed by atoms with Crippen LogP contribution in [0.1, 0.15) is 22.5 Å². The van der Waals surface area contributed by atoms with E-state index in [1.54, 1.807) is 11.0 Å². The van der Waals surface area contributed by atoms with E-state index in [0.29, 0.717) is 35.1 Å². The fourth-order valence-corrected chi connectivity index (χ4v) is 3.71. The molecule has 0 aliphatic heterocycles. The van der Waals surface area contributed by atoms with E-state index in [-0.39, 0.29) is 6.61 Å². The van der Waals surface area contributed by atoms with Crippen LogP contribution in [0.2, 0.25) is 0 Å². The Bertz CT molecular complexity index is 1530. The Kier molecular flexibility index (Phi) is 5.45. The lowest BCUT2D eigenvalue weighted by Gasteiger charge is -2.13. The fraction of sp³-hybridized carbons (Fsp3) is 0.167. The fourth-order valence-electron chi connectivity index (χ4n) is 3.71. The maximum Gasteiger partial charge on any atom is 0.159 e. The van der Waals surface area contributed by atoms with Crippen molar-refractivity contribution in [3.8, 4) is 17.7 Å². The zero-order valence-corrected chi connectivity index (χ0v) is 18.6. The van der Waals surface area contributed by atoms with E-state index in [4.69, 9.17) is 4.98 Å². The van der Waals surface area contributed by atoms with Crippen molar-refractivity contribution in [2.45, 2.75) is 20.3 Å². The molecule has 0 amide bonds. The number of nitriles is 1. The van der Waals surface area contributed by atoms with Crippen molar-refractivity contribution in [2.75, 3.05) is 11.9 Å². The quantitative estimate of drug-likeness (QED) is 0.403. The predicted molar refractivity (Wildman–Crippen MR) is 126 cm³/mol. The Balaban J connectivity index is 1.58. The summed E-state index contributed by atoms with van der Waals surface area (Å²) in [4.78, 5) is 9.36. The van der Waals surface area contributed by atoms with Crippen LogP contribution in [-0.4, -0.2) is 46.2 Å². The maximum absolute atomic E-state index is 9.53. The summed E-state index contributed by atoms with van der Waals surface area (Å²) >= 11 is 0. The summed E-state index contributed by atoms with van der Waals surface area (Å²) in [6, 6.07) is 15.5. The topological polar surface area (TPSA) is 130 Å². The minimum atomic E-state index is -0.0234. The SMILES string of the molecule is Cc1ccc(Nc2ccc3ncn(-c4ccc(CCO)c(-n5ncc(C#N)c5C)n4)c3c2)nn1. The minimum Gasteiger partial charge on any atom is -0.396 e. The van der Waals surface area contributed by atoms with Gasteiger partial charge < -0.3 is 10.4 Å². The molecule has 10 heteroatoms. The Morgan fingerprint density at radius 3 is 2.71 bits per heavy atom. The Morgan fingerprint density at radius 1 is 1.09 bits per heavy atom. The second-order valence-electron chi connectivity index (χ2n) is 7.80. The number of pyridine rings is 1. The third kappa shape index (κ3) is 3.85. The molecule has 4 aromatic heterocycles. The van der Waals surface area contributed by atoms with Gasteiger partial charge in [0.1, 0.15) is 18.2 Å². The molecule has 0 saturated heterocycles. The highest BCUT2D eigenvalue weighted by molar-refractivity contribution is 5.82. The van der Waals surface area contributed by atoms with E-state index in [1.165, 1.54) is 6.20 Å². The lowest BCUT2D eigenvalue weighted by Crippen LogP contribution is -2.10. The number of aliphatic hydroxyl groups excluding tert-OH is 1. The maximum atomic E-state index is 9.53. The molecule has 0 aliphatic rings. The number of hydrogen-bond acceptors (Lipinski definition) is 8. The monoisotopic (exact) mass is 451 g/mol. The molecule has 10 nitrogen and oxygen atoms in total. The van der Waals surface area contributed by atoms with E-state index in [9.17, 15) is 10.4 Å². The summed E-state index contributed by atoms with van der Waals surface area (Å²) in [6.07, 6.45) is 3.65. The van der Waals surface area contributed by atoms with Gasteiger partial charge in [0.05, 0.1) is 34.2 Å². The summed E-state index contributed by atoms with van der Waals surface area (Å²) < 4.78 is 3.52. The Labute approximate surface area is 195 Å².